The number of hydrogen-bond acceptors (Lipinski definition) is 2. The minimum Gasteiger partial charge on any atom is -0.465 e. The van der Waals surface area contributed by atoms with Gasteiger partial charge in [0.1, 0.15) is 18.2 Å². The minimum absolute atomic E-state index is 0.193. The molecular formula is C13H15F3N2O2. The van der Waals surface area contributed by atoms with Crippen LogP contribution in [-0.2, 0) is 6.54 Å². The maximum Gasteiger partial charge on any atom is 0.407 e. The fourth-order valence-corrected chi connectivity index (χ4v) is 2.20. The Bertz CT molecular complexity index is 457. The molecule has 1 aliphatic heterocycles. The second-order valence-electron chi connectivity index (χ2n) is 4.75. The van der Waals surface area contributed by atoms with Gasteiger partial charge in [-0.2, -0.15) is 0 Å². The second kappa shape index (κ2) is 6.13. The Kier molecular flexibility index (Phi) is 4.49. The van der Waals surface area contributed by atoms with Crippen LogP contribution in [0.4, 0.5) is 18.0 Å². The van der Waals surface area contributed by atoms with Crippen molar-refractivity contribution in [2.75, 3.05) is 13.1 Å². The molecule has 1 amide bonds. The van der Waals surface area contributed by atoms with E-state index in [4.69, 9.17) is 5.11 Å². The minimum atomic E-state index is -1.62. The summed E-state index contributed by atoms with van der Waals surface area (Å²) in [6.07, 6.45) is -4.56. The van der Waals surface area contributed by atoms with Gasteiger partial charge in [-0.25, -0.2) is 18.0 Å². The predicted molar refractivity (Wildman–Crippen MR) is 66.4 cm³/mol. The number of halogens is 3. The normalized spacial score (nSPS) is 23.9. The molecule has 2 N–H and O–H groups in total. The molecule has 110 valence electrons. The van der Waals surface area contributed by atoms with Crippen LogP contribution in [-0.4, -0.2) is 47.6 Å². The molecule has 0 bridgehead atoms. The van der Waals surface area contributed by atoms with E-state index in [1.54, 1.807) is 0 Å². The van der Waals surface area contributed by atoms with Crippen LogP contribution < -0.4 is 5.32 Å². The Labute approximate surface area is 114 Å². The maximum atomic E-state index is 13.8. The number of rotatable bonds is 3. The third-order valence-electron chi connectivity index (χ3n) is 3.29. The van der Waals surface area contributed by atoms with E-state index in [1.807, 2.05) is 0 Å². The first-order valence-electron chi connectivity index (χ1n) is 6.21. The molecule has 1 fully saturated rings. The van der Waals surface area contributed by atoms with Crippen molar-refractivity contribution in [1.82, 2.24) is 10.2 Å². The van der Waals surface area contributed by atoms with Crippen LogP contribution in [0, 0.1) is 5.82 Å². The van der Waals surface area contributed by atoms with Gasteiger partial charge in [-0.05, 0) is 17.7 Å². The molecule has 0 radical (unpaired) electrons. The highest BCUT2D eigenvalue weighted by molar-refractivity contribution is 5.65. The van der Waals surface area contributed by atoms with Crippen LogP contribution >= 0.6 is 0 Å². The number of likely N-dealkylation sites (tertiary alicyclic amines) is 1. The lowest BCUT2D eigenvalue weighted by Crippen LogP contribution is -2.58. The van der Waals surface area contributed by atoms with Crippen molar-refractivity contribution in [3.63, 3.8) is 0 Å². The summed E-state index contributed by atoms with van der Waals surface area (Å²) in [6, 6.07) is 4.52. The smallest absolute Gasteiger partial charge is 0.407 e. The van der Waals surface area contributed by atoms with Crippen LogP contribution in [0.3, 0.4) is 0 Å². The lowest BCUT2D eigenvalue weighted by molar-refractivity contribution is 0.0389. The van der Waals surface area contributed by atoms with Crippen molar-refractivity contribution in [2.45, 2.75) is 24.9 Å². The average molecular weight is 288 g/mol. The van der Waals surface area contributed by atoms with Crippen molar-refractivity contribution in [3.8, 4) is 0 Å². The maximum absolute atomic E-state index is 13.8. The van der Waals surface area contributed by atoms with E-state index in [9.17, 15) is 18.0 Å². The molecule has 20 heavy (non-hydrogen) atoms. The Hall–Kier alpha value is -1.76. The van der Waals surface area contributed by atoms with Crippen LogP contribution in [0.1, 0.15) is 5.56 Å². The highest BCUT2D eigenvalue weighted by Crippen LogP contribution is 2.18. The van der Waals surface area contributed by atoms with Gasteiger partial charge in [0, 0.05) is 6.54 Å². The summed E-state index contributed by atoms with van der Waals surface area (Å²) in [5.74, 6) is -0.379. The summed E-state index contributed by atoms with van der Waals surface area (Å²) in [5.41, 5.74) is 0.700. The van der Waals surface area contributed by atoms with E-state index in [2.05, 4.69) is 5.32 Å². The quantitative estimate of drug-likeness (QED) is 0.894. The van der Waals surface area contributed by atoms with Gasteiger partial charge in [-0.15, -0.1) is 0 Å². The molecule has 0 aromatic heterocycles. The van der Waals surface area contributed by atoms with E-state index in [1.165, 1.54) is 24.3 Å². The molecule has 1 aliphatic rings. The van der Waals surface area contributed by atoms with Gasteiger partial charge in [0.15, 0.2) is 0 Å². The van der Waals surface area contributed by atoms with Gasteiger partial charge in [0.2, 0.25) is 0 Å². The van der Waals surface area contributed by atoms with Crippen molar-refractivity contribution >= 4 is 6.09 Å². The van der Waals surface area contributed by atoms with E-state index >= 15 is 0 Å². The number of nitrogens with zero attached hydrogens (tertiary/aromatic N) is 1. The van der Waals surface area contributed by atoms with E-state index in [-0.39, 0.29) is 25.5 Å². The number of carboxylic acid groups (broad SMARTS) is 1. The molecule has 4 nitrogen and oxygen atoms in total. The van der Waals surface area contributed by atoms with Crippen molar-refractivity contribution < 1.29 is 23.1 Å². The highest BCUT2D eigenvalue weighted by atomic mass is 19.1. The van der Waals surface area contributed by atoms with Crippen LogP contribution in [0.5, 0.6) is 0 Å². The van der Waals surface area contributed by atoms with Gasteiger partial charge >= 0.3 is 6.09 Å². The summed E-state index contributed by atoms with van der Waals surface area (Å²) in [6.45, 7) is -0.507. The lowest BCUT2D eigenvalue weighted by Gasteiger charge is -2.36. The fourth-order valence-electron chi connectivity index (χ4n) is 2.20. The average Bonchev–Trinajstić information content (AvgIpc) is 2.39. The van der Waals surface area contributed by atoms with Gasteiger partial charge < -0.3 is 15.3 Å². The number of piperidine rings is 1. The second-order valence-corrected chi connectivity index (χ2v) is 4.75. The third kappa shape index (κ3) is 3.41. The van der Waals surface area contributed by atoms with Crippen molar-refractivity contribution in [1.29, 1.82) is 0 Å². The Morgan fingerprint density at radius 3 is 2.30 bits per heavy atom. The zero-order valence-electron chi connectivity index (χ0n) is 10.6. The van der Waals surface area contributed by atoms with Gasteiger partial charge in [0.25, 0.3) is 0 Å². The van der Waals surface area contributed by atoms with Crippen molar-refractivity contribution in [3.05, 3.63) is 35.6 Å². The molecule has 2 atom stereocenters. The Morgan fingerprint density at radius 2 is 1.80 bits per heavy atom. The molecule has 0 spiro atoms. The van der Waals surface area contributed by atoms with Crippen LogP contribution in [0.2, 0.25) is 0 Å². The zero-order chi connectivity index (χ0) is 14.7. The largest absolute Gasteiger partial charge is 0.465 e. The number of benzene rings is 1. The van der Waals surface area contributed by atoms with Gasteiger partial charge in [-0.1, -0.05) is 12.1 Å². The molecule has 1 heterocycles. The molecular weight excluding hydrogens is 273 g/mol. The van der Waals surface area contributed by atoms with E-state index in [0.717, 1.165) is 4.90 Å². The summed E-state index contributed by atoms with van der Waals surface area (Å²) >= 11 is 0. The number of hydrogen-bond donors (Lipinski definition) is 2. The van der Waals surface area contributed by atoms with E-state index < -0.39 is 24.5 Å². The van der Waals surface area contributed by atoms with Crippen LogP contribution in [0.15, 0.2) is 24.3 Å². The number of alkyl halides is 2. The first kappa shape index (κ1) is 14.6. The summed E-state index contributed by atoms with van der Waals surface area (Å²) in [5, 5.41) is 11.5. The molecule has 0 saturated carbocycles. The highest BCUT2D eigenvalue weighted by Gasteiger charge is 2.38. The monoisotopic (exact) mass is 288 g/mol. The summed E-state index contributed by atoms with van der Waals surface area (Å²) in [4.78, 5) is 11.4. The first-order valence-corrected chi connectivity index (χ1v) is 6.21. The van der Waals surface area contributed by atoms with Gasteiger partial charge in [0.05, 0.1) is 19.1 Å². The van der Waals surface area contributed by atoms with E-state index in [0.29, 0.717) is 5.56 Å². The Morgan fingerprint density at radius 1 is 1.25 bits per heavy atom. The fraction of sp³-hybridized carbons (Fsp3) is 0.462. The van der Waals surface area contributed by atoms with Crippen molar-refractivity contribution in [2.24, 2.45) is 0 Å². The molecule has 1 aromatic carbocycles. The predicted octanol–water partition coefficient (Wildman–Crippen LogP) is 1.95. The number of nitrogens with one attached hydrogen (secondary N) is 1. The molecule has 1 saturated heterocycles. The molecule has 0 unspecified atom stereocenters. The number of amides is 1. The summed E-state index contributed by atoms with van der Waals surface area (Å²) < 4.78 is 40.3. The first-order chi connectivity index (χ1) is 9.47. The standard InChI is InChI=1S/C13H15F3N2O2/c14-9-3-1-8(2-4-9)5-17-12-10(15)6-18(13(19)20)7-11(12)16/h1-4,10-12,17H,5-7H2,(H,19,20)/t10-,11-/m0/s1. The molecule has 7 heteroatoms. The van der Waals surface area contributed by atoms with Gasteiger partial charge in [-0.3, -0.25) is 0 Å². The molecule has 0 aliphatic carbocycles. The SMILES string of the molecule is O=C(O)N1C[C@H](F)C(NCc2ccc(F)cc2)[C@@H](F)C1. The lowest BCUT2D eigenvalue weighted by atomic mass is 10.0. The third-order valence-corrected chi connectivity index (χ3v) is 3.29. The molecule has 2 rings (SSSR count). The number of carbonyl (C=O) groups is 1. The summed E-state index contributed by atoms with van der Waals surface area (Å²) in [7, 11) is 0. The zero-order valence-corrected chi connectivity index (χ0v) is 10.6. The van der Waals surface area contributed by atoms with Crippen LogP contribution in [0.25, 0.3) is 0 Å². The Balaban J connectivity index is 1.92. The topological polar surface area (TPSA) is 52.6 Å². The molecule has 1 aromatic rings.